The van der Waals surface area contributed by atoms with Gasteiger partial charge in [0.1, 0.15) is 0 Å². The summed E-state index contributed by atoms with van der Waals surface area (Å²) in [7, 11) is 0. The molecule has 4 rings (SSSR count). The van der Waals surface area contributed by atoms with Crippen LogP contribution in [0.1, 0.15) is 76.7 Å². The summed E-state index contributed by atoms with van der Waals surface area (Å²) in [6.07, 6.45) is 14.3. The molecule has 0 amide bonds. The lowest BCUT2D eigenvalue weighted by Gasteiger charge is -2.39. The van der Waals surface area contributed by atoms with E-state index in [9.17, 15) is 0 Å². The standard InChI is InChI=1S/C21H28/c1-20-13-9-6-12-18(20)19(17-10-4-2-5-11-17)21(16-20)14-7-3-8-15-21/h2,4-5,10-11H,3,6-9,12-16H2,1H3. The van der Waals surface area contributed by atoms with E-state index in [-0.39, 0.29) is 0 Å². The molecule has 0 nitrogen and oxygen atoms in total. The highest BCUT2D eigenvalue weighted by Crippen LogP contribution is 2.65. The Balaban J connectivity index is 1.87. The fraction of sp³-hybridized carbons (Fsp3) is 0.619. The molecule has 3 aliphatic rings. The summed E-state index contributed by atoms with van der Waals surface area (Å²) >= 11 is 0. The molecule has 0 heterocycles. The SMILES string of the molecule is CC12CCCCC1=C(c1ccccc1)C1(CCCCC1)C2. The Bertz CT molecular complexity index is 545. The summed E-state index contributed by atoms with van der Waals surface area (Å²) in [5.41, 5.74) is 6.22. The monoisotopic (exact) mass is 280 g/mol. The van der Waals surface area contributed by atoms with Crippen molar-refractivity contribution in [3.05, 3.63) is 41.5 Å². The molecule has 112 valence electrons. The Kier molecular flexibility index (Phi) is 3.24. The van der Waals surface area contributed by atoms with E-state index in [1.54, 1.807) is 11.1 Å². The molecule has 0 radical (unpaired) electrons. The van der Waals surface area contributed by atoms with E-state index in [0.717, 1.165) is 0 Å². The average Bonchev–Trinajstić information content (AvgIpc) is 2.76. The van der Waals surface area contributed by atoms with Gasteiger partial charge < -0.3 is 0 Å². The van der Waals surface area contributed by atoms with E-state index >= 15 is 0 Å². The summed E-state index contributed by atoms with van der Waals surface area (Å²) in [6, 6.07) is 11.4. The van der Waals surface area contributed by atoms with Crippen LogP contribution in [0.5, 0.6) is 0 Å². The third-order valence-electron chi connectivity index (χ3n) is 6.57. The van der Waals surface area contributed by atoms with Crippen molar-refractivity contribution >= 4 is 5.57 Å². The molecule has 2 fully saturated rings. The van der Waals surface area contributed by atoms with Crippen molar-refractivity contribution in [1.29, 1.82) is 0 Å². The molecule has 1 aromatic rings. The molecular weight excluding hydrogens is 252 g/mol. The predicted molar refractivity (Wildman–Crippen MR) is 90.1 cm³/mol. The first-order valence-corrected chi connectivity index (χ1v) is 9.03. The maximum absolute atomic E-state index is 2.58. The minimum atomic E-state index is 0.515. The van der Waals surface area contributed by atoms with Crippen molar-refractivity contribution in [2.24, 2.45) is 10.8 Å². The van der Waals surface area contributed by atoms with Gasteiger partial charge in [0.05, 0.1) is 0 Å². The van der Waals surface area contributed by atoms with Crippen molar-refractivity contribution in [1.82, 2.24) is 0 Å². The number of hydrogen-bond donors (Lipinski definition) is 0. The molecule has 1 atom stereocenters. The van der Waals surface area contributed by atoms with E-state index < -0.39 is 0 Å². The lowest BCUT2D eigenvalue weighted by Crippen LogP contribution is -2.27. The Morgan fingerprint density at radius 2 is 1.52 bits per heavy atom. The first-order chi connectivity index (χ1) is 10.2. The quantitative estimate of drug-likeness (QED) is 0.560. The molecule has 1 unspecified atom stereocenters. The maximum atomic E-state index is 2.58. The van der Waals surface area contributed by atoms with Crippen molar-refractivity contribution in [2.45, 2.75) is 71.1 Å². The van der Waals surface area contributed by atoms with Crippen LogP contribution in [-0.4, -0.2) is 0 Å². The predicted octanol–water partition coefficient (Wildman–Crippen LogP) is 6.37. The normalized spacial score (nSPS) is 31.5. The van der Waals surface area contributed by atoms with Gasteiger partial charge in [0.2, 0.25) is 0 Å². The first-order valence-electron chi connectivity index (χ1n) is 9.03. The van der Waals surface area contributed by atoms with Gasteiger partial charge in [0.15, 0.2) is 0 Å². The molecular formula is C21H28. The molecule has 0 aliphatic heterocycles. The third kappa shape index (κ3) is 2.10. The lowest BCUT2D eigenvalue weighted by atomic mass is 9.65. The molecule has 21 heavy (non-hydrogen) atoms. The van der Waals surface area contributed by atoms with Crippen LogP contribution in [0.25, 0.3) is 5.57 Å². The van der Waals surface area contributed by atoms with E-state index in [1.165, 1.54) is 64.2 Å². The molecule has 0 N–H and O–H groups in total. The Morgan fingerprint density at radius 3 is 2.29 bits per heavy atom. The highest BCUT2D eigenvalue weighted by molar-refractivity contribution is 5.77. The fourth-order valence-electron chi connectivity index (χ4n) is 5.79. The van der Waals surface area contributed by atoms with Crippen LogP contribution in [-0.2, 0) is 0 Å². The van der Waals surface area contributed by atoms with Crippen molar-refractivity contribution in [2.75, 3.05) is 0 Å². The van der Waals surface area contributed by atoms with Gasteiger partial charge in [-0.25, -0.2) is 0 Å². The van der Waals surface area contributed by atoms with Crippen LogP contribution in [0, 0.1) is 10.8 Å². The van der Waals surface area contributed by atoms with Gasteiger partial charge in [-0.3, -0.25) is 0 Å². The van der Waals surface area contributed by atoms with Gasteiger partial charge >= 0.3 is 0 Å². The highest BCUT2D eigenvalue weighted by atomic mass is 14.6. The summed E-state index contributed by atoms with van der Waals surface area (Å²) in [5.74, 6) is 0. The minimum absolute atomic E-state index is 0.515. The zero-order chi connectivity index (χ0) is 14.3. The number of rotatable bonds is 1. The summed E-state index contributed by atoms with van der Waals surface area (Å²) in [5, 5.41) is 0. The van der Waals surface area contributed by atoms with Gasteiger partial charge in [-0.15, -0.1) is 0 Å². The second-order valence-electron chi connectivity index (χ2n) is 8.01. The molecule has 0 saturated heterocycles. The summed E-state index contributed by atoms with van der Waals surface area (Å²) in [6.45, 7) is 2.58. The van der Waals surface area contributed by atoms with Gasteiger partial charge in [-0.2, -0.15) is 0 Å². The highest BCUT2D eigenvalue weighted by Gasteiger charge is 2.51. The third-order valence-corrected chi connectivity index (χ3v) is 6.57. The molecule has 0 aromatic heterocycles. The van der Waals surface area contributed by atoms with Crippen LogP contribution in [0.15, 0.2) is 35.9 Å². The minimum Gasteiger partial charge on any atom is -0.0622 e. The molecule has 1 spiro atoms. The molecule has 2 saturated carbocycles. The van der Waals surface area contributed by atoms with Gasteiger partial charge in [0.25, 0.3) is 0 Å². The second kappa shape index (κ2) is 5.00. The van der Waals surface area contributed by atoms with Crippen LogP contribution in [0.4, 0.5) is 0 Å². The van der Waals surface area contributed by atoms with E-state index in [0.29, 0.717) is 10.8 Å². The van der Waals surface area contributed by atoms with Crippen molar-refractivity contribution in [3.8, 4) is 0 Å². The van der Waals surface area contributed by atoms with Crippen LogP contribution >= 0.6 is 0 Å². The zero-order valence-corrected chi connectivity index (χ0v) is 13.5. The maximum Gasteiger partial charge on any atom is -0.00330 e. The van der Waals surface area contributed by atoms with Gasteiger partial charge in [0, 0.05) is 0 Å². The molecule has 0 heteroatoms. The number of hydrogen-bond acceptors (Lipinski definition) is 0. The van der Waals surface area contributed by atoms with E-state index in [1.807, 2.05) is 5.57 Å². The first kappa shape index (κ1) is 13.6. The Hall–Kier alpha value is -1.04. The van der Waals surface area contributed by atoms with Crippen molar-refractivity contribution < 1.29 is 0 Å². The number of allylic oxidation sites excluding steroid dienone is 2. The topological polar surface area (TPSA) is 0 Å². The van der Waals surface area contributed by atoms with Crippen molar-refractivity contribution in [3.63, 3.8) is 0 Å². The Morgan fingerprint density at radius 1 is 0.810 bits per heavy atom. The van der Waals surface area contributed by atoms with E-state index in [4.69, 9.17) is 0 Å². The smallest absolute Gasteiger partial charge is 0.00330 e. The van der Waals surface area contributed by atoms with Crippen LogP contribution in [0.2, 0.25) is 0 Å². The Labute approximate surface area is 129 Å². The fourth-order valence-corrected chi connectivity index (χ4v) is 5.79. The van der Waals surface area contributed by atoms with Crippen LogP contribution < -0.4 is 0 Å². The van der Waals surface area contributed by atoms with Gasteiger partial charge in [-0.05, 0) is 60.5 Å². The molecule has 3 aliphatic carbocycles. The van der Waals surface area contributed by atoms with Crippen LogP contribution in [0.3, 0.4) is 0 Å². The second-order valence-corrected chi connectivity index (χ2v) is 8.01. The lowest BCUT2D eigenvalue weighted by molar-refractivity contribution is 0.182. The van der Waals surface area contributed by atoms with Gasteiger partial charge in [-0.1, -0.05) is 68.5 Å². The molecule has 1 aromatic carbocycles. The largest absolute Gasteiger partial charge is 0.0622 e. The molecule has 0 bridgehead atoms. The number of fused-ring (bicyclic) bond motifs is 1. The summed E-state index contributed by atoms with van der Waals surface area (Å²) < 4.78 is 0. The van der Waals surface area contributed by atoms with E-state index in [2.05, 4.69) is 37.3 Å². The zero-order valence-electron chi connectivity index (χ0n) is 13.5. The summed E-state index contributed by atoms with van der Waals surface area (Å²) in [4.78, 5) is 0. The number of benzene rings is 1. The average molecular weight is 280 g/mol.